The van der Waals surface area contributed by atoms with Crippen LogP contribution in [-0.4, -0.2) is 41.3 Å². The molecule has 0 unspecified atom stereocenters. The Bertz CT molecular complexity index is 877. The van der Waals surface area contributed by atoms with Crippen LogP contribution >= 0.6 is 11.6 Å². The van der Waals surface area contributed by atoms with Crippen LogP contribution in [0.1, 0.15) is 28.4 Å². The van der Waals surface area contributed by atoms with Crippen molar-refractivity contribution in [3.8, 4) is 0 Å². The van der Waals surface area contributed by atoms with E-state index in [0.717, 1.165) is 42.7 Å². The number of rotatable bonds is 3. The Kier molecular flexibility index (Phi) is 4.41. The van der Waals surface area contributed by atoms with Gasteiger partial charge in [0.1, 0.15) is 0 Å². The van der Waals surface area contributed by atoms with Crippen molar-refractivity contribution in [3.63, 3.8) is 0 Å². The fourth-order valence-electron chi connectivity index (χ4n) is 3.73. The summed E-state index contributed by atoms with van der Waals surface area (Å²) in [6.45, 7) is 3.83. The van der Waals surface area contributed by atoms with E-state index in [1.54, 1.807) is 30.2 Å². The molecule has 5 nitrogen and oxygen atoms in total. The molecule has 0 atom stereocenters. The third-order valence-corrected chi connectivity index (χ3v) is 5.40. The Balaban J connectivity index is 1.49. The van der Waals surface area contributed by atoms with Gasteiger partial charge in [0.2, 0.25) is 5.91 Å². The molecule has 0 aliphatic carbocycles. The van der Waals surface area contributed by atoms with Crippen molar-refractivity contribution in [2.24, 2.45) is 5.92 Å². The molecule has 1 aromatic heterocycles. The molecule has 2 amide bonds. The van der Waals surface area contributed by atoms with Gasteiger partial charge in [0.25, 0.3) is 5.91 Å². The maximum absolute atomic E-state index is 12.9. The van der Waals surface area contributed by atoms with E-state index in [1.165, 1.54) is 0 Å². The van der Waals surface area contributed by atoms with E-state index in [9.17, 15) is 9.59 Å². The predicted octanol–water partition coefficient (Wildman–Crippen LogP) is 2.96. The average molecular weight is 370 g/mol. The van der Waals surface area contributed by atoms with E-state index in [-0.39, 0.29) is 11.8 Å². The Morgan fingerprint density at radius 2 is 2.08 bits per heavy atom. The molecule has 0 spiro atoms. The van der Waals surface area contributed by atoms with E-state index < -0.39 is 0 Å². The summed E-state index contributed by atoms with van der Waals surface area (Å²) in [5.41, 5.74) is 3.64. The molecule has 2 aliphatic rings. The molecule has 0 bridgehead atoms. The molecule has 1 fully saturated rings. The van der Waals surface area contributed by atoms with Crippen LogP contribution in [0.3, 0.4) is 0 Å². The van der Waals surface area contributed by atoms with Gasteiger partial charge in [-0.1, -0.05) is 11.6 Å². The molecule has 1 saturated heterocycles. The lowest BCUT2D eigenvalue weighted by Crippen LogP contribution is -2.49. The highest BCUT2D eigenvalue weighted by Crippen LogP contribution is 2.28. The van der Waals surface area contributed by atoms with E-state index in [0.29, 0.717) is 23.0 Å². The second-order valence-electron chi connectivity index (χ2n) is 7.05. The summed E-state index contributed by atoms with van der Waals surface area (Å²) in [4.78, 5) is 32.1. The van der Waals surface area contributed by atoms with Gasteiger partial charge in [-0.05, 0) is 54.2 Å². The minimum Gasteiger partial charge on any atom is -0.342 e. The summed E-state index contributed by atoms with van der Waals surface area (Å²) in [5.74, 6) is 0.593. The highest BCUT2D eigenvalue weighted by molar-refractivity contribution is 6.30. The number of halogens is 1. The smallest absolute Gasteiger partial charge is 0.258 e. The second kappa shape index (κ2) is 6.72. The van der Waals surface area contributed by atoms with Gasteiger partial charge in [-0.3, -0.25) is 14.6 Å². The summed E-state index contributed by atoms with van der Waals surface area (Å²) in [7, 11) is 0. The minimum atomic E-state index is -0.00624. The number of hydrogen-bond acceptors (Lipinski definition) is 3. The van der Waals surface area contributed by atoms with Crippen molar-refractivity contribution >= 4 is 29.1 Å². The van der Waals surface area contributed by atoms with Crippen LogP contribution in [0, 0.1) is 5.92 Å². The molecule has 0 N–H and O–H groups in total. The molecule has 26 heavy (non-hydrogen) atoms. The molecular weight excluding hydrogens is 350 g/mol. The van der Waals surface area contributed by atoms with E-state index in [4.69, 9.17) is 11.6 Å². The number of nitrogens with zero attached hydrogens (tertiary/aromatic N) is 3. The molecule has 6 heteroatoms. The third kappa shape index (κ3) is 3.19. The Morgan fingerprint density at radius 3 is 2.85 bits per heavy atom. The first kappa shape index (κ1) is 17.0. The van der Waals surface area contributed by atoms with Crippen molar-refractivity contribution in [1.29, 1.82) is 0 Å². The fourth-order valence-corrected chi connectivity index (χ4v) is 3.92. The standard InChI is InChI=1S/C20H20ClN3O2/c1-13(25)23-11-15(12-23)6-14-7-18(10-22-9-14)24-5-4-16-8-17(21)2-3-19(16)20(24)26/h2-3,7-10,15H,4-6,11-12H2,1H3. The van der Waals surface area contributed by atoms with Gasteiger partial charge in [0, 0.05) is 43.3 Å². The normalized spacial score (nSPS) is 17.1. The number of fused-ring (bicyclic) bond motifs is 1. The quantitative estimate of drug-likeness (QED) is 0.835. The molecule has 3 heterocycles. The van der Waals surface area contributed by atoms with E-state index in [2.05, 4.69) is 4.98 Å². The second-order valence-corrected chi connectivity index (χ2v) is 7.49. The first-order valence-corrected chi connectivity index (χ1v) is 9.19. The average Bonchev–Trinajstić information content (AvgIpc) is 2.58. The topological polar surface area (TPSA) is 53.5 Å². The van der Waals surface area contributed by atoms with Crippen LogP contribution in [0.5, 0.6) is 0 Å². The molecule has 2 aliphatic heterocycles. The molecule has 0 radical (unpaired) electrons. The number of likely N-dealkylation sites (tertiary alicyclic amines) is 1. The number of pyridine rings is 1. The molecule has 2 aromatic rings. The Hall–Kier alpha value is -2.40. The summed E-state index contributed by atoms with van der Waals surface area (Å²) in [6.07, 6.45) is 5.24. The highest BCUT2D eigenvalue weighted by atomic mass is 35.5. The number of carbonyl (C=O) groups is 2. The number of carbonyl (C=O) groups excluding carboxylic acids is 2. The van der Waals surface area contributed by atoms with Gasteiger partial charge in [-0.15, -0.1) is 0 Å². The van der Waals surface area contributed by atoms with Gasteiger partial charge >= 0.3 is 0 Å². The SMILES string of the molecule is CC(=O)N1CC(Cc2cncc(N3CCc4cc(Cl)ccc4C3=O)c2)C1. The predicted molar refractivity (Wildman–Crippen MR) is 101 cm³/mol. The number of aromatic nitrogens is 1. The number of benzene rings is 1. The zero-order chi connectivity index (χ0) is 18.3. The largest absolute Gasteiger partial charge is 0.342 e. The summed E-state index contributed by atoms with van der Waals surface area (Å²) in [5, 5.41) is 0.661. The van der Waals surface area contributed by atoms with Gasteiger partial charge < -0.3 is 9.80 Å². The zero-order valence-electron chi connectivity index (χ0n) is 14.6. The molecular formula is C20H20ClN3O2. The summed E-state index contributed by atoms with van der Waals surface area (Å²) < 4.78 is 0. The van der Waals surface area contributed by atoms with Crippen molar-refractivity contribution in [1.82, 2.24) is 9.88 Å². The van der Waals surface area contributed by atoms with Crippen molar-refractivity contribution in [2.75, 3.05) is 24.5 Å². The summed E-state index contributed by atoms with van der Waals surface area (Å²) >= 11 is 6.04. The van der Waals surface area contributed by atoms with Crippen molar-refractivity contribution in [2.45, 2.75) is 19.8 Å². The minimum absolute atomic E-state index is 0.00624. The monoisotopic (exact) mass is 369 g/mol. The maximum atomic E-state index is 12.9. The van der Waals surface area contributed by atoms with E-state index in [1.807, 2.05) is 23.2 Å². The zero-order valence-corrected chi connectivity index (χ0v) is 15.4. The van der Waals surface area contributed by atoms with Crippen LogP contribution in [0.2, 0.25) is 5.02 Å². The molecule has 134 valence electrons. The molecule has 0 saturated carbocycles. The summed E-state index contributed by atoms with van der Waals surface area (Å²) in [6, 6.07) is 7.47. The van der Waals surface area contributed by atoms with Crippen molar-refractivity contribution in [3.05, 3.63) is 58.4 Å². The highest BCUT2D eigenvalue weighted by Gasteiger charge is 2.29. The number of amides is 2. The number of hydrogen-bond donors (Lipinski definition) is 0. The van der Waals surface area contributed by atoms with E-state index >= 15 is 0 Å². The Labute approximate surface area is 157 Å². The van der Waals surface area contributed by atoms with Gasteiger partial charge in [0.15, 0.2) is 0 Å². The maximum Gasteiger partial charge on any atom is 0.258 e. The lowest BCUT2D eigenvalue weighted by Gasteiger charge is -2.38. The van der Waals surface area contributed by atoms with Crippen LogP contribution in [0.15, 0.2) is 36.7 Å². The van der Waals surface area contributed by atoms with Gasteiger partial charge in [-0.25, -0.2) is 0 Å². The van der Waals surface area contributed by atoms with Gasteiger partial charge in [0.05, 0.1) is 11.9 Å². The molecule has 4 rings (SSSR count). The third-order valence-electron chi connectivity index (χ3n) is 5.17. The lowest BCUT2D eigenvalue weighted by molar-refractivity contribution is -0.134. The van der Waals surface area contributed by atoms with Gasteiger partial charge in [-0.2, -0.15) is 0 Å². The molecule has 1 aromatic carbocycles. The fraction of sp³-hybridized carbons (Fsp3) is 0.350. The van der Waals surface area contributed by atoms with Crippen LogP contribution in [0.25, 0.3) is 0 Å². The number of anilines is 1. The first-order chi connectivity index (χ1) is 12.5. The van der Waals surface area contributed by atoms with Crippen molar-refractivity contribution < 1.29 is 9.59 Å². The van der Waals surface area contributed by atoms with Crippen LogP contribution in [-0.2, 0) is 17.6 Å². The first-order valence-electron chi connectivity index (χ1n) is 8.81. The Morgan fingerprint density at radius 1 is 1.27 bits per heavy atom. The van der Waals surface area contributed by atoms with Crippen LogP contribution in [0.4, 0.5) is 5.69 Å². The van der Waals surface area contributed by atoms with Crippen LogP contribution < -0.4 is 4.90 Å². The lowest BCUT2D eigenvalue weighted by atomic mass is 9.92.